The number of nitrogens with two attached hydrogens (primary N) is 1. The minimum Gasteiger partial charge on any atom is -0.382 e. The number of thioether (sulfide) groups is 1. The lowest BCUT2D eigenvalue weighted by Crippen LogP contribution is -2.13. The smallest absolute Gasteiger partial charge is 0.0473 e. The largest absolute Gasteiger partial charge is 0.382 e. The third-order valence-corrected chi connectivity index (χ3v) is 2.66. The van der Waals surface area contributed by atoms with Crippen molar-refractivity contribution in [1.29, 1.82) is 0 Å². The van der Waals surface area contributed by atoms with Gasteiger partial charge in [0.25, 0.3) is 0 Å². The molecule has 2 N–H and O–H groups in total. The van der Waals surface area contributed by atoms with Gasteiger partial charge in [-0.15, -0.1) is 0 Å². The van der Waals surface area contributed by atoms with E-state index in [1.807, 2.05) is 18.7 Å². The Morgan fingerprint density at radius 1 is 1.55 bits per heavy atom. The van der Waals surface area contributed by atoms with E-state index in [9.17, 15) is 0 Å². The topological polar surface area (TPSA) is 35.2 Å². The highest BCUT2D eigenvalue weighted by Crippen LogP contribution is 2.09. The Bertz CT molecular complexity index is 80.5. The van der Waals surface area contributed by atoms with Crippen LogP contribution in [0.2, 0.25) is 0 Å². The third-order valence-electron chi connectivity index (χ3n) is 1.37. The molecule has 0 radical (unpaired) electrons. The van der Waals surface area contributed by atoms with E-state index >= 15 is 0 Å². The molecule has 68 valence electrons. The van der Waals surface area contributed by atoms with Gasteiger partial charge in [0.2, 0.25) is 0 Å². The van der Waals surface area contributed by atoms with Gasteiger partial charge in [0, 0.05) is 25.0 Å². The monoisotopic (exact) mass is 177 g/mol. The zero-order chi connectivity index (χ0) is 8.53. The molecule has 1 atom stereocenters. The fourth-order valence-corrected chi connectivity index (χ4v) is 1.48. The summed E-state index contributed by atoms with van der Waals surface area (Å²) in [7, 11) is 0. The van der Waals surface area contributed by atoms with Crippen LogP contribution in [0.25, 0.3) is 0 Å². The van der Waals surface area contributed by atoms with Gasteiger partial charge in [0.05, 0.1) is 0 Å². The molecule has 0 spiro atoms. The second-order valence-corrected chi connectivity index (χ2v) is 4.01. The lowest BCUT2D eigenvalue weighted by Gasteiger charge is -2.07. The molecule has 0 aromatic carbocycles. The fraction of sp³-hybridized carbons (Fsp3) is 1.00. The van der Waals surface area contributed by atoms with Gasteiger partial charge >= 0.3 is 0 Å². The molecule has 11 heavy (non-hydrogen) atoms. The molecule has 0 fully saturated rings. The van der Waals surface area contributed by atoms with Gasteiger partial charge in [-0.1, -0.05) is 6.92 Å². The predicted octanol–water partition coefficient (Wildman–Crippen LogP) is 1.49. The fourth-order valence-electron chi connectivity index (χ4n) is 0.658. The molecule has 2 nitrogen and oxygen atoms in total. The van der Waals surface area contributed by atoms with E-state index in [4.69, 9.17) is 10.5 Å². The van der Waals surface area contributed by atoms with Crippen LogP contribution in [-0.4, -0.2) is 30.8 Å². The molecular weight excluding hydrogens is 158 g/mol. The van der Waals surface area contributed by atoms with Crippen molar-refractivity contribution in [3.8, 4) is 0 Å². The van der Waals surface area contributed by atoms with Gasteiger partial charge < -0.3 is 10.5 Å². The van der Waals surface area contributed by atoms with Crippen LogP contribution in [0.15, 0.2) is 0 Å². The summed E-state index contributed by atoms with van der Waals surface area (Å²) in [4.78, 5) is 0. The Balaban J connectivity index is 2.89. The molecular formula is C8H19NOS. The predicted molar refractivity (Wildman–Crippen MR) is 52.1 cm³/mol. The van der Waals surface area contributed by atoms with E-state index in [1.165, 1.54) is 5.75 Å². The van der Waals surface area contributed by atoms with Gasteiger partial charge in [0.15, 0.2) is 0 Å². The Kier molecular flexibility index (Phi) is 8.57. The van der Waals surface area contributed by atoms with E-state index in [0.717, 1.165) is 26.2 Å². The van der Waals surface area contributed by atoms with Crippen LogP contribution in [0.5, 0.6) is 0 Å². The zero-order valence-electron chi connectivity index (χ0n) is 7.51. The molecule has 0 aliphatic heterocycles. The summed E-state index contributed by atoms with van der Waals surface area (Å²) < 4.78 is 5.20. The van der Waals surface area contributed by atoms with Gasteiger partial charge in [0.1, 0.15) is 0 Å². The van der Waals surface area contributed by atoms with Gasteiger partial charge in [-0.05, 0) is 19.1 Å². The lowest BCUT2D eigenvalue weighted by atomic mass is 10.5. The van der Waals surface area contributed by atoms with E-state index in [1.54, 1.807) is 0 Å². The molecule has 3 heteroatoms. The van der Waals surface area contributed by atoms with Crippen molar-refractivity contribution >= 4 is 11.8 Å². The highest BCUT2D eigenvalue weighted by atomic mass is 32.2. The van der Waals surface area contributed by atoms with Crippen molar-refractivity contribution in [1.82, 2.24) is 0 Å². The van der Waals surface area contributed by atoms with E-state index in [-0.39, 0.29) is 0 Å². The van der Waals surface area contributed by atoms with Crippen molar-refractivity contribution in [3.05, 3.63) is 0 Å². The van der Waals surface area contributed by atoms with E-state index in [0.29, 0.717) is 5.25 Å². The summed E-state index contributed by atoms with van der Waals surface area (Å²) in [5.74, 6) is 1.17. The first-order valence-electron chi connectivity index (χ1n) is 4.20. The van der Waals surface area contributed by atoms with Crippen molar-refractivity contribution < 1.29 is 4.74 Å². The summed E-state index contributed by atoms with van der Waals surface area (Å²) in [5.41, 5.74) is 5.46. The minimum absolute atomic E-state index is 0.594. The summed E-state index contributed by atoms with van der Waals surface area (Å²) in [5, 5.41) is 0.594. The molecule has 0 aromatic heterocycles. The molecule has 0 aliphatic rings. The van der Waals surface area contributed by atoms with Crippen molar-refractivity contribution in [2.24, 2.45) is 5.73 Å². The van der Waals surface area contributed by atoms with Gasteiger partial charge in [-0.25, -0.2) is 0 Å². The van der Waals surface area contributed by atoms with Crippen molar-refractivity contribution in [3.63, 3.8) is 0 Å². The normalized spacial score (nSPS) is 13.4. The standard InChI is InChI=1S/C8H19NOS/c1-3-10-5-4-6-11-8(2)7-9/h8H,3-7,9H2,1-2H3. The van der Waals surface area contributed by atoms with Gasteiger partial charge in [-0.2, -0.15) is 11.8 Å². The van der Waals surface area contributed by atoms with E-state index < -0.39 is 0 Å². The maximum absolute atomic E-state index is 5.46. The van der Waals surface area contributed by atoms with Crippen LogP contribution in [0, 0.1) is 0 Å². The molecule has 0 aliphatic carbocycles. The van der Waals surface area contributed by atoms with Crippen LogP contribution >= 0.6 is 11.8 Å². The molecule has 0 bridgehead atoms. The Morgan fingerprint density at radius 2 is 2.27 bits per heavy atom. The second-order valence-electron chi connectivity index (χ2n) is 2.47. The molecule has 0 aromatic rings. The van der Waals surface area contributed by atoms with Crippen LogP contribution < -0.4 is 5.73 Å². The van der Waals surface area contributed by atoms with Gasteiger partial charge in [-0.3, -0.25) is 0 Å². The van der Waals surface area contributed by atoms with Crippen LogP contribution in [0.3, 0.4) is 0 Å². The first-order chi connectivity index (χ1) is 5.31. The van der Waals surface area contributed by atoms with Crippen molar-refractivity contribution in [2.45, 2.75) is 25.5 Å². The number of hydrogen-bond donors (Lipinski definition) is 1. The summed E-state index contributed by atoms with van der Waals surface area (Å²) in [6.45, 7) is 6.68. The molecule has 0 heterocycles. The van der Waals surface area contributed by atoms with Crippen molar-refractivity contribution in [2.75, 3.05) is 25.5 Å². The maximum atomic E-state index is 5.46. The summed E-state index contributed by atoms with van der Waals surface area (Å²) in [6, 6.07) is 0. The first kappa shape index (κ1) is 11.3. The summed E-state index contributed by atoms with van der Waals surface area (Å²) >= 11 is 1.92. The SMILES string of the molecule is CCOCCCSC(C)CN. The number of hydrogen-bond acceptors (Lipinski definition) is 3. The third kappa shape index (κ3) is 8.17. The highest BCUT2D eigenvalue weighted by molar-refractivity contribution is 7.99. The zero-order valence-corrected chi connectivity index (χ0v) is 8.32. The van der Waals surface area contributed by atoms with Crippen LogP contribution in [0.1, 0.15) is 20.3 Å². The number of rotatable bonds is 7. The average molecular weight is 177 g/mol. The first-order valence-corrected chi connectivity index (χ1v) is 5.25. The lowest BCUT2D eigenvalue weighted by molar-refractivity contribution is 0.149. The molecule has 0 amide bonds. The number of ether oxygens (including phenoxy) is 1. The van der Waals surface area contributed by atoms with Crippen LogP contribution in [0.4, 0.5) is 0 Å². The molecule has 0 saturated carbocycles. The van der Waals surface area contributed by atoms with Crippen LogP contribution in [-0.2, 0) is 4.74 Å². The Hall–Kier alpha value is 0.270. The highest BCUT2D eigenvalue weighted by Gasteiger charge is 1.97. The van der Waals surface area contributed by atoms with E-state index in [2.05, 4.69) is 6.92 Å². The minimum atomic E-state index is 0.594. The average Bonchev–Trinajstić information content (AvgIpc) is 2.04. The Labute approximate surface area is 73.9 Å². The maximum Gasteiger partial charge on any atom is 0.0473 e. The second kappa shape index (κ2) is 8.37. The summed E-state index contributed by atoms with van der Waals surface area (Å²) in [6.07, 6.45) is 1.14. The molecule has 0 rings (SSSR count). The molecule has 0 saturated heterocycles. The quantitative estimate of drug-likeness (QED) is 0.598. The molecule has 1 unspecified atom stereocenters. The Morgan fingerprint density at radius 3 is 2.82 bits per heavy atom.